The Morgan fingerprint density at radius 1 is 0.921 bits per heavy atom. The summed E-state index contributed by atoms with van der Waals surface area (Å²) in [6, 6.07) is 3.96. The third kappa shape index (κ3) is 5.92. The van der Waals surface area contributed by atoms with Crippen LogP contribution in [0.25, 0.3) is 6.08 Å². The first-order valence-corrected chi connectivity index (χ1v) is 11.9. The Bertz CT molecular complexity index is 1250. The summed E-state index contributed by atoms with van der Waals surface area (Å²) in [5, 5.41) is 0. The summed E-state index contributed by atoms with van der Waals surface area (Å²) in [4.78, 5) is 29.0. The number of nitrogens with zero attached hydrogens (tertiary/aromatic N) is 2. The lowest BCUT2D eigenvalue weighted by molar-refractivity contribution is 0.0130. The van der Waals surface area contributed by atoms with Gasteiger partial charge in [0.25, 0.3) is 0 Å². The molecule has 0 N–H and O–H groups in total. The van der Waals surface area contributed by atoms with E-state index < -0.39 is 52.5 Å². The molecule has 2 aromatic rings. The molecule has 0 unspecified atom stereocenters. The summed E-state index contributed by atoms with van der Waals surface area (Å²) < 4.78 is 78.4. The first-order chi connectivity index (χ1) is 17.7. The number of carbonyl (C=O) groups is 2. The van der Waals surface area contributed by atoms with Crippen molar-refractivity contribution in [3.05, 3.63) is 64.5 Å². The van der Waals surface area contributed by atoms with E-state index in [9.17, 15) is 31.5 Å². The van der Waals surface area contributed by atoms with E-state index in [1.54, 1.807) is 50.8 Å². The van der Waals surface area contributed by atoms with E-state index in [4.69, 9.17) is 4.74 Å². The van der Waals surface area contributed by atoms with Crippen molar-refractivity contribution in [3.8, 4) is 5.75 Å². The molecule has 6 nitrogen and oxygen atoms in total. The lowest BCUT2D eigenvalue weighted by Gasteiger charge is -2.45. The van der Waals surface area contributed by atoms with Gasteiger partial charge in [-0.1, -0.05) is 12.2 Å². The van der Waals surface area contributed by atoms with E-state index in [0.29, 0.717) is 24.3 Å². The number of anilines is 1. The standard InChI is InChI=1S/C27H29F5N2O4/c1-7-8-16-11-17(25(35)37-24-22(31)20(29)19(28)21(30)23(24)32)9-10-18(16)33-12-15(3)34(13-14(33)2)26(36)38-27(4,5)6/h7-11,14-15H,12-13H2,1-6H3/t14-,15+/m0/s1. The molecule has 0 spiro atoms. The quantitative estimate of drug-likeness (QED) is 0.146. The molecule has 1 aliphatic heterocycles. The van der Waals surface area contributed by atoms with Crippen LogP contribution in [0.5, 0.6) is 5.75 Å². The number of halogens is 5. The number of amides is 1. The van der Waals surface area contributed by atoms with Crippen molar-refractivity contribution in [2.75, 3.05) is 18.0 Å². The Balaban J connectivity index is 1.88. The molecule has 0 radical (unpaired) electrons. The number of rotatable bonds is 4. The van der Waals surface area contributed by atoms with E-state index >= 15 is 0 Å². The highest BCUT2D eigenvalue weighted by Crippen LogP contribution is 2.32. The summed E-state index contributed by atoms with van der Waals surface area (Å²) in [7, 11) is 0. The smallest absolute Gasteiger partial charge is 0.410 e. The second-order valence-electron chi connectivity index (χ2n) is 10.0. The van der Waals surface area contributed by atoms with Gasteiger partial charge >= 0.3 is 12.1 Å². The minimum atomic E-state index is -2.35. The molecule has 38 heavy (non-hydrogen) atoms. The van der Waals surface area contributed by atoms with Crippen molar-refractivity contribution in [3.63, 3.8) is 0 Å². The Labute approximate surface area is 217 Å². The second-order valence-corrected chi connectivity index (χ2v) is 10.0. The van der Waals surface area contributed by atoms with Crippen molar-refractivity contribution in [2.24, 2.45) is 0 Å². The largest absolute Gasteiger partial charge is 0.444 e. The van der Waals surface area contributed by atoms with Crippen LogP contribution in [0, 0.1) is 29.1 Å². The average Bonchev–Trinajstić information content (AvgIpc) is 2.84. The van der Waals surface area contributed by atoms with E-state index in [1.165, 1.54) is 12.1 Å². The summed E-state index contributed by atoms with van der Waals surface area (Å²) in [5.41, 5.74) is 0.444. The lowest BCUT2D eigenvalue weighted by atomic mass is 10.0. The van der Waals surface area contributed by atoms with Crippen molar-refractivity contribution in [2.45, 2.75) is 59.2 Å². The Hall–Kier alpha value is -3.63. The normalized spacial score (nSPS) is 18.2. The van der Waals surface area contributed by atoms with Crippen LogP contribution >= 0.6 is 0 Å². The number of piperazine rings is 1. The van der Waals surface area contributed by atoms with Gasteiger partial charge in [0.1, 0.15) is 5.60 Å². The van der Waals surface area contributed by atoms with E-state index in [-0.39, 0.29) is 17.6 Å². The summed E-state index contributed by atoms with van der Waals surface area (Å²) in [6.07, 6.45) is 2.99. The van der Waals surface area contributed by atoms with Crippen molar-refractivity contribution >= 4 is 23.8 Å². The molecule has 1 amide bonds. The van der Waals surface area contributed by atoms with Gasteiger partial charge < -0.3 is 19.3 Å². The fourth-order valence-electron chi connectivity index (χ4n) is 4.12. The molecule has 1 fully saturated rings. The Morgan fingerprint density at radius 2 is 1.50 bits per heavy atom. The molecular weight excluding hydrogens is 511 g/mol. The number of esters is 1. The maximum absolute atomic E-state index is 14.0. The fourth-order valence-corrected chi connectivity index (χ4v) is 4.12. The highest BCUT2D eigenvalue weighted by molar-refractivity contribution is 5.93. The minimum Gasteiger partial charge on any atom is -0.444 e. The third-order valence-electron chi connectivity index (χ3n) is 5.90. The molecule has 2 atom stereocenters. The molecule has 1 aliphatic rings. The minimum absolute atomic E-state index is 0.145. The van der Waals surface area contributed by atoms with Gasteiger partial charge in [0.05, 0.1) is 5.56 Å². The topological polar surface area (TPSA) is 59.1 Å². The van der Waals surface area contributed by atoms with Crippen LogP contribution in [-0.4, -0.2) is 47.7 Å². The SMILES string of the molecule is CC=Cc1cc(C(=O)Oc2c(F)c(F)c(F)c(F)c2F)ccc1N1C[C@@H](C)N(C(=O)OC(C)(C)C)C[C@@H]1C. The lowest BCUT2D eigenvalue weighted by Crippen LogP contribution is -2.59. The Kier molecular flexibility index (Phi) is 8.38. The van der Waals surface area contributed by atoms with Gasteiger partial charge in [0.2, 0.25) is 34.8 Å². The van der Waals surface area contributed by atoms with E-state index in [2.05, 4.69) is 4.74 Å². The number of allylic oxidation sites excluding steroid dienone is 1. The predicted molar refractivity (Wildman–Crippen MR) is 132 cm³/mol. The first-order valence-electron chi connectivity index (χ1n) is 11.9. The molecule has 206 valence electrons. The maximum atomic E-state index is 14.0. The predicted octanol–water partition coefficient (Wildman–Crippen LogP) is 6.47. The summed E-state index contributed by atoms with van der Waals surface area (Å²) in [6.45, 7) is 11.7. The van der Waals surface area contributed by atoms with Crippen LogP contribution in [0.4, 0.5) is 32.4 Å². The van der Waals surface area contributed by atoms with Crippen LogP contribution in [-0.2, 0) is 4.74 Å². The molecule has 11 heteroatoms. The molecule has 1 saturated heterocycles. The highest BCUT2D eigenvalue weighted by Gasteiger charge is 2.35. The van der Waals surface area contributed by atoms with Gasteiger partial charge in [-0.15, -0.1) is 0 Å². The molecule has 0 saturated carbocycles. The molecule has 0 aromatic heterocycles. The monoisotopic (exact) mass is 540 g/mol. The first kappa shape index (κ1) is 28.9. The van der Waals surface area contributed by atoms with Crippen molar-refractivity contribution in [1.82, 2.24) is 4.90 Å². The zero-order valence-corrected chi connectivity index (χ0v) is 21.9. The van der Waals surface area contributed by atoms with Crippen LogP contribution in [0.1, 0.15) is 57.5 Å². The zero-order chi connectivity index (χ0) is 28.5. The maximum Gasteiger partial charge on any atom is 0.410 e. The summed E-state index contributed by atoms with van der Waals surface area (Å²) in [5.74, 6) is -14.3. The van der Waals surface area contributed by atoms with Gasteiger partial charge in [-0.05, 0) is 65.3 Å². The molecule has 1 heterocycles. The molecule has 0 aliphatic carbocycles. The number of benzene rings is 2. The van der Waals surface area contributed by atoms with Crippen molar-refractivity contribution in [1.29, 1.82) is 0 Å². The van der Waals surface area contributed by atoms with Crippen LogP contribution in [0.3, 0.4) is 0 Å². The second kappa shape index (κ2) is 11.0. The number of hydrogen-bond donors (Lipinski definition) is 0. The van der Waals surface area contributed by atoms with Gasteiger partial charge in [-0.3, -0.25) is 0 Å². The fraction of sp³-hybridized carbons (Fsp3) is 0.407. The molecule has 2 aromatic carbocycles. The zero-order valence-electron chi connectivity index (χ0n) is 21.9. The van der Waals surface area contributed by atoms with E-state index in [1.807, 2.05) is 18.7 Å². The average molecular weight is 541 g/mol. The van der Waals surface area contributed by atoms with Crippen LogP contribution in [0.15, 0.2) is 24.3 Å². The molecule has 3 rings (SSSR count). The molecule has 0 bridgehead atoms. The van der Waals surface area contributed by atoms with Gasteiger partial charge in [-0.25, -0.2) is 22.8 Å². The van der Waals surface area contributed by atoms with Gasteiger partial charge in [0.15, 0.2) is 0 Å². The number of carbonyl (C=O) groups excluding carboxylic acids is 2. The van der Waals surface area contributed by atoms with Crippen molar-refractivity contribution < 1.29 is 41.0 Å². The molecular formula is C27H29F5N2O4. The highest BCUT2D eigenvalue weighted by atomic mass is 19.2. The third-order valence-corrected chi connectivity index (χ3v) is 5.90. The van der Waals surface area contributed by atoms with Crippen LogP contribution in [0.2, 0.25) is 0 Å². The van der Waals surface area contributed by atoms with E-state index in [0.717, 1.165) is 0 Å². The number of hydrogen-bond acceptors (Lipinski definition) is 5. The van der Waals surface area contributed by atoms with Gasteiger partial charge in [0, 0.05) is 30.9 Å². The Morgan fingerprint density at radius 3 is 2.05 bits per heavy atom. The number of ether oxygens (including phenoxy) is 2. The van der Waals surface area contributed by atoms with Gasteiger partial charge in [-0.2, -0.15) is 8.78 Å². The summed E-state index contributed by atoms with van der Waals surface area (Å²) >= 11 is 0. The van der Waals surface area contributed by atoms with Crippen LogP contribution < -0.4 is 9.64 Å².